The first-order valence-corrected chi connectivity index (χ1v) is 11.7. The third kappa shape index (κ3) is 3.11. The molecule has 30 heavy (non-hydrogen) atoms. The second kappa shape index (κ2) is 7.58. The van der Waals surface area contributed by atoms with Gasteiger partial charge >= 0.3 is 5.97 Å². The van der Waals surface area contributed by atoms with Crippen LogP contribution in [0.1, 0.15) is 73.1 Å². The number of carbonyl (C=O) groups excluding carboxylic acids is 3. The lowest BCUT2D eigenvalue weighted by atomic mass is 9.48. The number of carbonyl (C=O) groups is 3. The number of Topliss-reactive ketones (excluding diaryl/α,β-unsaturated/α-hetero) is 1. The van der Waals surface area contributed by atoms with Crippen LogP contribution in [0.3, 0.4) is 0 Å². The van der Waals surface area contributed by atoms with Crippen LogP contribution in [-0.2, 0) is 23.9 Å². The molecule has 1 saturated heterocycles. The lowest BCUT2D eigenvalue weighted by Crippen LogP contribution is -2.58. The van der Waals surface area contributed by atoms with Gasteiger partial charge in [0, 0.05) is 6.42 Å². The van der Waals surface area contributed by atoms with Gasteiger partial charge in [-0.05, 0) is 60.3 Å². The summed E-state index contributed by atoms with van der Waals surface area (Å²) in [6, 6.07) is 0. The van der Waals surface area contributed by atoms with Crippen molar-refractivity contribution in [2.45, 2.75) is 85.5 Å². The molecule has 5 nitrogen and oxygen atoms in total. The van der Waals surface area contributed by atoms with E-state index in [0.29, 0.717) is 36.2 Å². The van der Waals surface area contributed by atoms with Gasteiger partial charge in [-0.1, -0.05) is 47.1 Å². The van der Waals surface area contributed by atoms with Crippen LogP contribution in [0, 0.1) is 40.4 Å². The average molecular weight is 417 g/mol. The molecule has 4 rings (SSSR count). The molecule has 2 saturated carbocycles. The van der Waals surface area contributed by atoms with Crippen LogP contribution in [0.25, 0.3) is 0 Å². The zero-order valence-corrected chi connectivity index (χ0v) is 19.0. The number of hydrogen-bond acceptors (Lipinski definition) is 5. The van der Waals surface area contributed by atoms with Crippen molar-refractivity contribution in [1.29, 1.82) is 0 Å². The van der Waals surface area contributed by atoms with Crippen molar-refractivity contribution >= 4 is 18.0 Å². The average Bonchev–Trinajstić information content (AvgIpc) is 2.97. The van der Waals surface area contributed by atoms with E-state index in [9.17, 15) is 14.4 Å². The van der Waals surface area contributed by atoms with Gasteiger partial charge in [0.15, 0.2) is 5.78 Å². The number of rotatable bonds is 4. The molecular formula is C25H36O5. The Labute approximate surface area is 179 Å². The van der Waals surface area contributed by atoms with Gasteiger partial charge in [0.2, 0.25) is 6.29 Å². The van der Waals surface area contributed by atoms with Crippen molar-refractivity contribution in [3.63, 3.8) is 0 Å². The van der Waals surface area contributed by atoms with Crippen LogP contribution in [0.15, 0.2) is 11.6 Å². The molecule has 0 aromatic heterocycles. The van der Waals surface area contributed by atoms with Crippen LogP contribution >= 0.6 is 0 Å². The lowest BCUT2D eigenvalue weighted by Gasteiger charge is -2.51. The smallest absolute Gasteiger partial charge is 0.323 e. The molecule has 1 aliphatic heterocycles. The van der Waals surface area contributed by atoms with Gasteiger partial charge in [0.25, 0.3) is 0 Å². The molecular weight excluding hydrogens is 380 g/mol. The number of hydrogen-bond donors (Lipinski definition) is 0. The van der Waals surface area contributed by atoms with E-state index >= 15 is 0 Å². The van der Waals surface area contributed by atoms with Crippen molar-refractivity contribution in [2.24, 2.45) is 40.4 Å². The first-order chi connectivity index (χ1) is 14.1. The largest absolute Gasteiger partial charge is 0.434 e. The molecule has 0 unspecified atom stereocenters. The highest BCUT2D eigenvalue weighted by Gasteiger charge is 2.71. The monoisotopic (exact) mass is 416 g/mol. The fourth-order valence-electron chi connectivity index (χ4n) is 6.86. The molecule has 5 heteroatoms. The molecule has 0 bridgehead atoms. The summed E-state index contributed by atoms with van der Waals surface area (Å²) < 4.78 is 12.4. The second-order valence-electron chi connectivity index (χ2n) is 11.1. The van der Waals surface area contributed by atoms with E-state index in [1.54, 1.807) is 0 Å². The van der Waals surface area contributed by atoms with E-state index in [2.05, 4.69) is 34.6 Å². The maximum absolute atomic E-state index is 13.4. The van der Waals surface area contributed by atoms with Gasteiger partial charge in [-0.25, -0.2) is 0 Å². The highest BCUT2D eigenvalue weighted by Crippen LogP contribution is 2.62. The number of esters is 1. The lowest BCUT2D eigenvalue weighted by molar-refractivity contribution is -0.193. The first kappa shape index (κ1) is 21.7. The number of allylic oxidation sites excluding steroid dienone is 1. The summed E-state index contributed by atoms with van der Waals surface area (Å²) in [7, 11) is 0. The Morgan fingerprint density at radius 3 is 2.63 bits per heavy atom. The normalized spacial score (nSPS) is 42.9. The van der Waals surface area contributed by atoms with Crippen LogP contribution < -0.4 is 0 Å². The molecule has 3 fully saturated rings. The summed E-state index contributed by atoms with van der Waals surface area (Å²) >= 11 is 0. The minimum atomic E-state index is -1.27. The number of cyclic esters (lactones) is 1. The zero-order valence-electron chi connectivity index (χ0n) is 19.0. The van der Waals surface area contributed by atoms with E-state index in [4.69, 9.17) is 9.47 Å². The summed E-state index contributed by atoms with van der Waals surface area (Å²) in [6.07, 6.45) is 6.68. The summed E-state index contributed by atoms with van der Waals surface area (Å²) in [5.41, 5.74) is -0.950. The molecule has 4 aliphatic rings. The van der Waals surface area contributed by atoms with Gasteiger partial charge < -0.3 is 9.47 Å². The highest BCUT2D eigenvalue weighted by atomic mass is 16.7. The quantitative estimate of drug-likeness (QED) is 0.384. The van der Waals surface area contributed by atoms with E-state index in [-0.39, 0.29) is 23.2 Å². The fourth-order valence-corrected chi connectivity index (χ4v) is 6.86. The molecule has 0 amide bonds. The van der Waals surface area contributed by atoms with Crippen molar-refractivity contribution < 1.29 is 23.9 Å². The van der Waals surface area contributed by atoms with Gasteiger partial charge in [0.1, 0.15) is 11.7 Å². The second-order valence-corrected chi connectivity index (χ2v) is 11.1. The summed E-state index contributed by atoms with van der Waals surface area (Å²) in [5, 5.41) is 0. The Balaban J connectivity index is 1.72. The van der Waals surface area contributed by atoms with Gasteiger partial charge in [-0.2, -0.15) is 0 Å². The number of ketones is 1. The van der Waals surface area contributed by atoms with Gasteiger partial charge in [-0.15, -0.1) is 0 Å². The van der Waals surface area contributed by atoms with Crippen LogP contribution in [0.5, 0.6) is 0 Å². The van der Waals surface area contributed by atoms with E-state index < -0.39 is 23.6 Å². The minimum Gasteiger partial charge on any atom is -0.434 e. The summed E-state index contributed by atoms with van der Waals surface area (Å²) in [4.78, 5) is 38.8. The standard InChI is InChI=1S/C25H36O5/c1-14(2)17-8-6-15(3)12-18(17)29-22-21-16(13-26)7-9-19-24(4,5)11-10-20(27)25(19,21)23(28)30-22/h7,13-15,17-19,21-22H,6,8-12H2,1-5H3/t15-,17+,18-,19-,21+,22-,25-/m0/s1. The maximum atomic E-state index is 13.4. The van der Waals surface area contributed by atoms with Crippen LogP contribution in [-0.4, -0.2) is 30.4 Å². The van der Waals surface area contributed by atoms with Crippen molar-refractivity contribution in [1.82, 2.24) is 0 Å². The third-order valence-corrected chi connectivity index (χ3v) is 8.63. The Bertz CT molecular complexity index is 766. The number of aldehydes is 1. The first-order valence-electron chi connectivity index (χ1n) is 11.7. The summed E-state index contributed by atoms with van der Waals surface area (Å²) in [5.74, 6) is 0.0644. The maximum Gasteiger partial charge on any atom is 0.323 e. The molecule has 1 spiro atoms. The molecule has 7 atom stereocenters. The topological polar surface area (TPSA) is 69.7 Å². The molecule has 0 radical (unpaired) electrons. The van der Waals surface area contributed by atoms with Crippen LogP contribution in [0.2, 0.25) is 0 Å². The third-order valence-electron chi connectivity index (χ3n) is 8.63. The SMILES string of the molecule is CC(C)[C@H]1CC[C@H](C)C[C@@H]1O[C@H]1OC(=O)[C@]23C(=O)CCC(C)(C)[C@@H]2CC=C(C=O)[C@H]13. The predicted octanol–water partition coefficient (Wildman–Crippen LogP) is 4.48. The minimum absolute atomic E-state index is 0.0262. The van der Waals surface area contributed by atoms with E-state index in [1.807, 2.05) is 6.08 Å². The molecule has 0 aromatic rings. The van der Waals surface area contributed by atoms with Crippen LogP contribution in [0.4, 0.5) is 0 Å². The Kier molecular flexibility index (Phi) is 5.49. The Morgan fingerprint density at radius 1 is 1.23 bits per heavy atom. The van der Waals surface area contributed by atoms with Crippen molar-refractivity contribution in [3.05, 3.63) is 11.6 Å². The van der Waals surface area contributed by atoms with E-state index in [0.717, 1.165) is 25.5 Å². The van der Waals surface area contributed by atoms with Gasteiger partial charge in [-0.3, -0.25) is 14.4 Å². The fraction of sp³-hybridized carbons (Fsp3) is 0.800. The van der Waals surface area contributed by atoms with Gasteiger partial charge in [0.05, 0.1) is 12.0 Å². The van der Waals surface area contributed by atoms with E-state index in [1.165, 1.54) is 6.42 Å². The molecule has 3 aliphatic carbocycles. The highest BCUT2D eigenvalue weighted by molar-refractivity contribution is 6.08. The summed E-state index contributed by atoms with van der Waals surface area (Å²) in [6.45, 7) is 10.9. The number of ether oxygens (including phenoxy) is 2. The molecule has 166 valence electrons. The van der Waals surface area contributed by atoms with Crippen molar-refractivity contribution in [2.75, 3.05) is 0 Å². The molecule has 0 N–H and O–H groups in total. The Hall–Kier alpha value is -1.49. The van der Waals surface area contributed by atoms with Crippen molar-refractivity contribution in [3.8, 4) is 0 Å². The Morgan fingerprint density at radius 2 is 1.97 bits per heavy atom. The molecule has 1 heterocycles. The zero-order chi connectivity index (χ0) is 21.8. The predicted molar refractivity (Wildman–Crippen MR) is 112 cm³/mol. The molecule has 0 aromatic carbocycles.